The predicted molar refractivity (Wildman–Crippen MR) is 74.3 cm³/mol. The first kappa shape index (κ1) is 14.0. The molecule has 1 aliphatic heterocycles. The van der Waals surface area contributed by atoms with Crippen molar-refractivity contribution in [2.24, 2.45) is 4.99 Å². The van der Waals surface area contributed by atoms with Crippen molar-refractivity contribution in [3.63, 3.8) is 0 Å². The number of carbonyl (C=O) groups is 2. The molecule has 1 aromatic carbocycles. The van der Waals surface area contributed by atoms with Crippen molar-refractivity contribution in [3.05, 3.63) is 30.3 Å². The number of amidine groups is 1. The van der Waals surface area contributed by atoms with Crippen molar-refractivity contribution in [1.29, 1.82) is 0 Å². The van der Waals surface area contributed by atoms with Crippen LogP contribution in [0.2, 0.25) is 0 Å². The lowest BCUT2D eigenvalue weighted by Crippen LogP contribution is -2.56. The SMILES string of the molecule is COCCNC(=O)C1=NCC(=O)N(c2ccccc2)N1. The summed E-state index contributed by atoms with van der Waals surface area (Å²) >= 11 is 0. The summed E-state index contributed by atoms with van der Waals surface area (Å²) in [5.74, 6) is -0.468. The van der Waals surface area contributed by atoms with Crippen LogP contribution in [0.4, 0.5) is 5.69 Å². The third-order valence-corrected chi connectivity index (χ3v) is 2.66. The number of rotatable bonds is 5. The van der Waals surface area contributed by atoms with Gasteiger partial charge in [0, 0.05) is 13.7 Å². The van der Waals surface area contributed by atoms with E-state index in [2.05, 4.69) is 15.7 Å². The van der Waals surface area contributed by atoms with Gasteiger partial charge in [0.05, 0.1) is 12.3 Å². The number of ether oxygens (including phenoxy) is 1. The molecule has 1 heterocycles. The van der Waals surface area contributed by atoms with Crippen LogP contribution in [0.25, 0.3) is 0 Å². The van der Waals surface area contributed by atoms with E-state index in [1.165, 1.54) is 5.01 Å². The molecule has 0 fully saturated rings. The Kier molecular flexibility index (Phi) is 4.67. The zero-order chi connectivity index (χ0) is 14.4. The van der Waals surface area contributed by atoms with E-state index in [4.69, 9.17) is 4.74 Å². The number of carbonyl (C=O) groups excluding carboxylic acids is 2. The molecule has 0 radical (unpaired) electrons. The lowest BCUT2D eigenvalue weighted by atomic mass is 10.3. The Labute approximate surface area is 116 Å². The molecule has 0 spiro atoms. The van der Waals surface area contributed by atoms with Gasteiger partial charge in [-0.3, -0.25) is 20.0 Å². The van der Waals surface area contributed by atoms with Gasteiger partial charge in [-0.05, 0) is 12.1 Å². The second-order valence-electron chi connectivity index (χ2n) is 4.09. The average molecular weight is 276 g/mol. The number of amides is 2. The number of anilines is 1. The summed E-state index contributed by atoms with van der Waals surface area (Å²) in [4.78, 5) is 27.6. The molecule has 0 saturated carbocycles. The van der Waals surface area contributed by atoms with Gasteiger partial charge < -0.3 is 10.1 Å². The normalized spacial score (nSPS) is 14.6. The third-order valence-electron chi connectivity index (χ3n) is 2.66. The summed E-state index contributed by atoms with van der Waals surface area (Å²) in [7, 11) is 1.55. The lowest BCUT2D eigenvalue weighted by Gasteiger charge is -2.27. The number of benzene rings is 1. The summed E-state index contributed by atoms with van der Waals surface area (Å²) in [6.45, 7) is 0.741. The molecule has 106 valence electrons. The van der Waals surface area contributed by atoms with Crippen LogP contribution < -0.4 is 15.8 Å². The molecule has 7 heteroatoms. The summed E-state index contributed by atoms with van der Waals surface area (Å²) in [5, 5.41) is 3.96. The van der Waals surface area contributed by atoms with Gasteiger partial charge in [-0.15, -0.1) is 0 Å². The van der Waals surface area contributed by atoms with Gasteiger partial charge in [-0.1, -0.05) is 18.2 Å². The maximum absolute atomic E-state index is 11.9. The Balaban J connectivity index is 2.03. The van der Waals surface area contributed by atoms with Gasteiger partial charge in [-0.2, -0.15) is 0 Å². The Morgan fingerprint density at radius 3 is 2.90 bits per heavy atom. The van der Waals surface area contributed by atoms with Crippen LogP contribution in [0, 0.1) is 0 Å². The fourth-order valence-corrected chi connectivity index (χ4v) is 1.68. The van der Waals surface area contributed by atoms with Crippen LogP contribution in [-0.4, -0.2) is 44.5 Å². The van der Waals surface area contributed by atoms with Gasteiger partial charge in [0.2, 0.25) is 5.84 Å². The van der Waals surface area contributed by atoms with Crippen LogP contribution in [0.1, 0.15) is 0 Å². The number of methoxy groups -OCH3 is 1. The van der Waals surface area contributed by atoms with E-state index in [0.29, 0.717) is 18.8 Å². The molecule has 1 aliphatic rings. The molecule has 1 aromatic rings. The standard InChI is InChI=1S/C13H16N4O3/c1-20-8-7-14-13(19)12-15-9-11(18)17(16-12)10-5-3-2-4-6-10/h2-6H,7-9H2,1H3,(H,14,19)(H,15,16). The molecule has 0 atom stereocenters. The first-order valence-electron chi connectivity index (χ1n) is 6.18. The molecule has 0 unspecified atom stereocenters. The highest BCUT2D eigenvalue weighted by Crippen LogP contribution is 2.12. The van der Waals surface area contributed by atoms with Crippen LogP contribution >= 0.6 is 0 Å². The minimum atomic E-state index is -0.365. The van der Waals surface area contributed by atoms with Crippen molar-refractivity contribution in [2.45, 2.75) is 0 Å². The molecule has 0 aromatic heterocycles. The molecule has 0 aliphatic carbocycles. The minimum absolute atomic E-state index is 0.0606. The summed E-state index contributed by atoms with van der Waals surface area (Å²) in [6, 6.07) is 9.03. The van der Waals surface area contributed by atoms with Gasteiger partial charge >= 0.3 is 0 Å². The largest absolute Gasteiger partial charge is 0.383 e. The molecule has 2 rings (SSSR count). The second kappa shape index (κ2) is 6.67. The predicted octanol–water partition coefficient (Wildman–Crippen LogP) is -0.301. The van der Waals surface area contributed by atoms with Crippen LogP contribution in [0.15, 0.2) is 35.3 Å². The highest BCUT2D eigenvalue weighted by molar-refractivity contribution is 6.39. The van der Waals surface area contributed by atoms with Crippen molar-refractivity contribution in [3.8, 4) is 0 Å². The van der Waals surface area contributed by atoms with Gasteiger partial charge in [0.1, 0.15) is 6.54 Å². The quantitative estimate of drug-likeness (QED) is 0.723. The van der Waals surface area contributed by atoms with Crippen LogP contribution in [0.3, 0.4) is 0 Å². The summed E-state index contributed by atoms with van der Waals surface area (Å²) < 4.78 is 4.85. The highest BCUT2D eigenvalue weighted by atomic mass is 16.5. The van der Waals surface area contributed by atoms with E-state index in [9.17, 15) is 9.59 Å². The van der Waals surface area contributed by atoms with Crippen molar-refractivity contribution in [2.75, 3.05) is 31.8 Å². The molecule has 2 N–H and O–H groups in total. The topological polar surface area (TPSA) is 83.0 Å². The first-order valence-corrected chi connectivity index (χ1v) is 6.18. The molecule has 20 heavy (non-hydrogen) atoms. The molecule has 7 nitrogen and oxygen atoms in total. The summed E-state index contributed by atoms with van der Waals surface area (Å²) in [5.41, 5.74) is 3.39. The number of hydrogen-bond acceptors (Lipinski definition) is 5. The first-order chi connectivity index (χ1) is 9.72. The Bertz CT molecular complexity index is 516. The van der Waals surface area contributed by atoms with E-state index in [-0.39, 0.29) is 24.2 Å². The van der Waals surface area contributed by atoms with Crippen molar-refractivity contribution < 1.29 is 14.3 Å². The van der Waals surface area contributed by atoms with Crippen molar-refractivity contribution >= 4 is 23.3 Å². The Morgan fingerprint density at radius 2 is 2.20 bits per heavy atom. The van der Waals surface area contributed by atoms with Gasteiger partial charge in [0.15, 0.2) is 0 Å². The van der Waals surface area contributed by atoms with E-state index in [1.54, 1.807) is 19.2 Å². The number of aliphatic imine (C=N–C) groups is 1. The van der Waals surface area contributed by atoms with E-state index in [0.717, 1.165) is 0 Å². The lowest BCUT2D eigenvalue weighted by molar-refractivity contribution is -0.118. The molecule has 0 saturated heterocycles. The molecule has 2 amide bonds. The van der Waals surface area contributed by atoms with E-state index < -0.39 is 0 Å². The Morgan fingerprint density at radius 1 is 1.45 bits per heavy atom. The monoisotopic (exact) mass is 276 g/mol. The van der Waals surface area contributed by atoms with Crippen LogP contribution in [-0.2, 0) is 14.3 Å². The zero-order valence-corrected chi connectivity index (χ0v) is 11.1. The fraction of sp³-hybridized carbons (Fsp3) is 0.308. The van der Waals surface area contributed by atoms with E-state index in [1.807, 2.05) is 18.2 Å². The van der Waals surface area contributed by atoms with Crippen molar-refractivity contribution in [1.82, 2.24) is 10.7 Å². The highest BCUT2D eigenvalue weighted by Gasteiger charge is 2.25. The number of nitrogens with one attached hydrogen (secondary N) is 2. The summed E-state index contributed by atoms with van der Waals surface area (Å²) in [6.07, 6.45) is 0. The smallest absolute Gasteiger partial charge is 0.288 e. The van der Waals surface area contributed by atoms with Crippen LogP contribution in [0.5, 0.6) is 0 Å². The van der Waals surface area contributed by atoms with Gasteiger partial charge in [-0.25, -0.2) is 5.01 Å². The maximum atomic E-state index is 11.9. The second-order valence-corrected chi connectivity index (χ2v) is 4.09. The van der Waals surface area contributed by atoms with E-state index >= 15 is 0 Å². The number of hydrazine groups is 1. The number of hydrogen-bond donors (Lipinski definition) is 2. The fourth-order valence-electron chi connectivity index (χ4n) is 1.68. The molecular formula is C13H16N4O3. The van der Waals surface area contributed by atoms with Gasteiger partial charge in [0.25, 0.3) is 11.8 Å². The maximum Gasteiger partial charge on any atom is 0.288 e. The third kappa shape index (κ3) is 3.33. The number of para-hydroxylation sites is 1. The molecular weight excluding hydrogens is 260 g/mol. The zero-order valence-electron chi connectivity index (χ0n) is 11.1. The molecule has 0 bridgehead atoms. The number of nitrogens with zero attached hydrogens (tertiary/aromatic N) is 2. The minimum Gasteiger partial charge on any atom is -0.383 e. The Hall–Kier alpha value is -2.41. The average Bonchev–Trinajstić information content (AvgIpc) is 2.49.